The number of piperidine rings is 1. The number of hydrogen-bond donors (Lipinski definition) is 0. The summed E-state index contributed by atoms with van der Waals surface area (Å²) in [6, 6.07) is 18.3. The van der Waals surface area contributed by atoms with Crippen LogP contribution in [-0.4, -0.2) is 30.9 Å². The van der Waals surface area contributed by atoms with Crippen LogP contribution in [0.15, 0.2) is 54.6 Å². The molecule has 1 fully saturated rings. The molecule has 2 aliphatic heterocycles. The molecule has 0 aliphatic carbocycles. The molecule has 2 aromatic rings. The molecular weight excluding hydrogens is 296 g/mol. The number of likely N-dealkylation sites (tertiary alicyclic amines) is 1. The molecule has 1 unspecified atom stereocenters. The highest BCUT2D eigenvalue weighted by Crippen LogP contribution is 2.45. The predicted molar refractivity (Wildman–Crippen MR) is 97.6 cm³/mol. The number of benzene rings is 2. The van der Waals surface area contributed by atoms with Crippen LogP contribution in [0, 0.1) is 5.92 Å². The highest BCUT2D eigenvalue weighted by molar-refractivity contribution is 6.10. The smallest absolute Gasteiger partial charge is 0.239 e. The van der Waals surface area contributed by atoms with Crippen LogP contribution in [0.1, 0.15) is 30.7 Å². The largest absolute Gasteiger partial charge is 0.306 e. The third-order valence-corrected chi connectivity index (χ3v) is 5.49. The Labute approximate surface area is 143 Å². The van der Waals surface area contributed by atoms with Gasteiger partial charge < -0.3 is 4.90 Å². The Hall–Kier alpha value is -2.13. The Morgan fingerprint density at radius 3 is 2.38 bits per heavy atom. The number of amides is 1. The van der Waals surface area contributed by atoms with Gasteiger partial charge in [0.25, 0.3) is 0 Å². The zero-order chi connectivity index (χ0) is 16.5. The molecule has 4 rings (SSSR count). The van der Waals surface area contributed by atoms with Crippen LogP contribution in [0.3, 0.4) is 0 Å². The van der Waals surface area contributed by atoms with E-state index in [4.69, 9.17) is 0 Å². The molecule has 1 amide bonds. The maximum Gasteiger partial charge on any atom is 0.239 e. The van der Waals surface area contributed by atoms with Crippen molar-refractivity contribution in [3.05, 3.63) is 60.2 Å². The van der Waals surface area contributed by atoms with E-state index in [1.54, 1.807) is 0 Å². The summed E-state index contributed by atoms with van der Waals surface area (Å²) in [5.41, 5.74) is 3.23. The van der Waals surface area contributed by atoms with E-state index in [-0.39, 0.29) is 11.8 Å². The number of carbonyl (C=O) groups excluding carboxylic acids is 1. The monoisotopic (exact) mass is 320 g/mol. The molecule has 0 spiro atoms. The summed E-state index contributed by atoms with van der Waals surface area (Å²) >= 11 is 0. The van der Waals surface area contributed by atoms with Crippen molar-refractivity contribution in [2.24, 2.45) is 5.92 Å². The summed E-state index contributed by atoms with van der Waals surface area (Å²) in [5.74, 6) is 0.898. The third kappa shape index (κ3) is 2.73. The van der Waals surface area contributed by atoms with Crippen molar-refractivity contribution in [2.75, 3.05) is 25.0 Å². The maximum atomic E-state index is 13.2. The van der Waals surface area contributed by atoms with Gasteiger partial charge in [-0.05, 0) is 69.1 Å². The number of rotatable bonds is 3. The van der Waals surface area contributed by atoms with E-state index < -0.39 is 0 Å². The van der Waals surface area contributed by atoms with E-state index >= 15 is 0 Å². The van der Waals surface area contributed by atoms with E-state index in [9.17, 15) is 4.79 Å². The Morgan fingerprint density at radius 2 is 1.62 bits per heavy atom. The van der Waals surface area contributed by atoms with Gasteiger partial charge in [-0.3, -0.25) is 9.69 Å². The second-order valence-corrected chi connectivity index (χ2v) is 7.10. The minimum Gasteiger partial charge on any atom is -0.306 e. The van der Waals surface area contributed by atoms with Crippen LogP contribution in [0.5, 0.6) is 0 Å². The van der Waals surface area contributed by atoms with Crippen molar-refractivity contribution in [1.82, 2.24) is 4.90 Å². The lowest BCUT2D eigenvalue weighted by molar-refractivity contribution is -0.119. The van der Waals surface area contributed by atoms with E-state index in [1.165, 1.54) is 18.4 Å². The van der Waals surface area contributed by atoms with Gasteiger partial charge in [0.15, 0.2) is 0 Å². The number of anilines is 2. The standard InChI is InChI=1S/C21H24N2O/c1-22-13-11-16(12-14-22)15-19-18-9-5-6-10-20(18)23(21(19)24)17-7-3-2-4-8-17/h2-10,16,19H,11-15H2,1H3. The molecule has 1 atom stereocenters. The third-order valence-electron chi connectivity index (χ3n) is 5.49. The molecule has 2 aromatic carbocycles. The average molecular weight is 320 g/mol. The Morgan fingerprint density at radius 1 is 0.958 bits per heavy atom. The number of fused-ring (bicyclic) bond motifs is 1. The average Bonchev–Trinajstić information content (AvgIpc) is 2.90. The first-order chi connectivity index (χ1) is 11.7. The molecule has 2 aliphatic rings. The summed E-state index contributed by atoms with van der Waals surface area (Å²) in [7, 11) is 2.18. The van der Waals surface area contributed by atoms with Gasteiger partial charge in [0.2, 0.25) is 5.91 Å². The summed E-state index contributed by atoms with van der Waals surface area (Å²) in [6.45, 7) is 2.30. The van der Waals surface area contributed by atoms with Gasteiger partial charge in [0.1, 0.15) is 0 Å². The summed E-state index contributed by atoms with van der Waals surface area (Å²) in [5, 5.41) is 0. The molecule has 0 N–H and O–H groups in total. The van der Waals surface area contributed by atoms with Crippen LogP contribution >= 0.6 is 0 Å². The normalized spacial score (nSPS) is 22.0. The second-order valence-electron chi connectivity index (χ2n) is 7.10. The fourth-order valence-electron chi connectivity index (χ4n) is 4.10. The Balaban J connectivity index is 1.63. The van der Waals surface area contributed by atoms with Crippen molar-refractivity contribution >= 4 is 17.3 Å². The van der Waals surface area contributed by atoms with Crippen molar-refractivity contribution in [1.29, 1.82) is 0 Å². The minimum absolute atomic E-state index is 0.00909. The molecule has 3 heteroatoms. The fraction of sp³-hybridized carbons (Fsp3) is 0.381. The first-order valence-corrected chi connectivity index (χ1v) is 8.90. The van der Waals surface area contributed by atoms with Crippen molar-refractivity contribution < 1.29 is 4.79 Å². The van der Waals surface area contributed by atoms with Crippen molar-refractivity contribution in [3.63, 3.8) is 0 Å². The number of carbonyl (C=O) groups is 1. The molecule has 0 aromatic heterocycles. The quantitative estimate of drug-likeness (QED) is 0.847. The van der Waals surface area contributed by atoms with Gasteiger partial charge in [0, 0.05) is 5.69 Å². The summed E-state index contributed by atoms with van der Waals surface area (Å²) < 4.78 is 0. The topological polar surface area (TPSA) is 23.6 Å². The highest BCUT2D eigenvalue weighted by Gasteiger charge is 2.39. The molecule has 2 heterocycles. The SMILES string of the molecule is CN1CCC(CC2C(=O)N(c3ccccc3)c3ccccc32)CC1. The lowest BCUT2D eigenvalue weighted by atomic mass is 9.84. The molecule has 0 saturated carbocycles. The first kappa shape index (κ1) is 15.4. The first-order valence-electron chi connectivity index (χ1n) is 8.90. The molecule has 24 heavy (non-hydrogen) atoms. The lowest BCUT2D eigenvalue weighted by Crippen LogP contribution is -2.32. The van der Waals surface area contributed by atoms with Crippen molar-refractivity contribution in [2.45, 2.75) is 25.2 Å². The zero-order valence-electron chi connectivity index (χ0n) is 14.2. The lowest BCUT2D eigenvalue weighted by Gasteiger charge is -2.30. The van der Waals surface area contributed by atoms with Crippen LogP contribution < -0.4 is 4.90 Å². The molecule has 0 radical (unpaired) electrons. The van der Waals surface area contributed by atoms with E-state index in [0.29, 0.717) is 5.92 Å². The van der Waals surface area contributed by atoms with Crippen LogP contribution in [0.25, 0.3) is 0 Å². The molecule has 0 bridgehead atoms. The predicted octanol–water partition coefficient (Wildman–Crippen LogP) is 4.18. The summed E-state index contributed by atoms with van der Waals surface area (Å²) in [4.78, 5) is 17.5. The van der Waals surface area contributed by atoms with E-state index in [1.807, 2.05) is 41.3 Å². The van der Waals surface area contributed by atoms with E-state index in [2.05, 4.69) is 30.1 Å². The van der Waals surface area contributed by atoms with Gasteiger partial charge in [-0.25, -0.2) is 0 Å². The molecule has 124 valence electrons. The number of hydrogen-bond acceptors (Lipinski definition) is 2. The van der Waals surface area contributed by atoms with Crippen LogP contribution in [0.4, 0.5) is 11.4 Å². The van der Waals surface area contributed by atoms with Gasteiger partial charge in [-0.2, -0.15) is 0 Å². The number of para-hydroxylation sites is 2. The van der Waals surface area contributed by atoms with Gasteiger partial charge >= 0.3 is 0 Å². The Kier molecular flexibility index (Phi) is 4.11. The fourth-order valence-corrected chi connectivity index (χ4v) is 4.10. The van der Waals surface area contributed by atoms with Crippen molar-refractivity contribution in [3.8, 4) is 0 Å². The molecular formula is C21H24N2O. The molecule has 1 saturated heterocycles. The highest BCUT2D eigenvalue weighted by atomic mass is 16.2. The molecule has 3 nitrogen and oxygen atoms in total. The van der Waals surface area contributed by atoms with Gasteiger partial charge in [-0.1, -0.05) is 36.4 Å². The van der Waals surface area contributed by atoms with E-state index in [0.717, 1.165) is 30.9 Å². The summed E-state index contributed by atoms with van der Waals surface area (Å²) in [6.07, 6.45) is 3.38. The minimum atomic E-state index is 0.00909. The number of nitrogens with zero attached hydrogens (tertiary/aromatic N) is 2. The van der Waals surface area contributed by atoms with Crippen LogP contribution in [-0.2, 0) is 4.79 Å². The van der Waals surface area contributed by atoms with Gasteiger partial charge in [-0.15, -0.1) is 0 Å². The van der Waals surface area contributed by atoms with Gasteiger partial charge in [0.05, 0.1) is 11.6 Å². The zero-order valence-corrected chi connectivity index (χ0v) is 14.2. The van der Waals surface area contributed by atoms with Crippen LogP contribution in [0.2, 0.25) is 0 Å². The maximum absolute atomic E-state index is 13.2. The second kappa shape index (κ2) is 6.40. The Bertz CT molecular complexity index is 720.